The lowest BCUT2D eigenvalue weighted by Gasteiger charge is -2.59. The van der Waals surface area contributed by atoms with Gasteiger partial charge >= 0.3 is 5.97 Å². The van der Waals surface area contributed by atoms with Crippen LogP contribution in [0.3, 0.4) is 0 Å². The monoisotopic (exact) mass is 604 g/mol. The van der Waals surface area contributed by atoms with Gasteiger partial charge in [0.1, 0.15) is 6.10 Å². The maximum absolute atomic E-state index is 11.2. The molecule has 3 aliphatic rings. The Morgan fingerprint density at radius 2 is 1.63 bits per heavy atom. The van der Waals surface area contributed by atoms with Crippen molar-refractivity contribution < 1.29 is 23.5 Å². The summed E-state index contributed by atoms with van der Waals surface area (Å²) in [6.45, 7) is 23.3. The van der Waals surface area contributed by atoms with E-state index in [0.717, 1.165) is 19.3 Å². The van der Waals surface area contributed by atoms with Crippen LogP contribution in [0.25, 0.3) is 0 Å². The van der Waals surface area contributed by atoms with E-state index in [4.69, 9.17) is 13.6 Å². The Morgan fingerprint density at radius 3 is 2.17 bits per heavy atom. The third-order valence-corrected chi connectivity index (χ3v) is 20.2. The van der Waals surface area contributed by atoms with Crippen molar-refractivity contribution in [3.8, 4) is 11.8 Å². The van der Waals surface area contributed by atoms with Gasteiger partial charge in [-0.2, -0.15) is 0 Å². The normalized spacial score (nSPS) is 29.7. The molecule has 0 saturated heterocycles. The predicted octanol–water partition coefficient (Wildman–Crippen LogP) is 8.96. The maximum atomic E-state index is 11.2. The Kier molecular flexibility index (Phi) is 10.9. The third-order valence-electron chi connectivity index (χ3n) is 11.3. The molecule has 3 rings (SSSR count). The van der Waals surface area contributed by atoms with Gasteiger partial charge in [0, 0.05) is 19.4 Å². The van der Waals surface area contributed by atoms with Gasteiger partial charge in [0.25, 0.3) is 0 Å². The SMILES string of the molecule is CO[C@@]12CC[C@H](O[Si](C)(C)C(C)(C)C)[C@@H](C#CC(O[Si](C)(C)C(C)(C)C)C3CCCCC3)[C@@H]1CC2=CCCC(=O)O. The number of ether oxygens (including phenoxy) is 1. The van der Waals surface area contributed by atoms with Gasteiger partial charge in [-0.15, -0.1) is 0 Å². The van der Waals surface area contributed by atoms with Crippen molar-refractivity contribution in [1.29, 1.82) is 0 Å². The van der Waals surface area contributed by atoms with Gasteiger partial charge in [0.2, 0.25) is 0 Å². The predicted molar refractivity (Wildman–Crippen MR) is 174 cm³/mol. The zero-order valence-electron chi connectivity index (χ0n) is 28.1. The van der Waals surface area contributed by atoms with Crippen LogP contribution in [0.15, 0.2) is 11.6 Å². The van der Waals surface area contributed by atoms with Crippen LogP contribution in [0.2, 0.25) is 36.3 Å². The van der Waals surface area contributed by atoms with Crippen molar-refractivity contribution in [1.82, 2.24) is 0 Å². The number of hydrogen-bond acceptors (Lipinski definition) is 4. The fraction of sp³-hybridized carbons (Fsp3) is 0.853. The summed E-state index contributed by atoms with van der Waals surface area (Å²) in [4.78, 5) is 11.2. The summed E-state index contributed by atoms with van der Waals surface area (Å²) in [5.74, 6) is 7.69. The highest BCUT2D eigenvalue weighted by Crippen LogP contribution is 2.58. The minimum atomic E-state index is -2.01. The number of hydrogen-bond donors (Lipinski definition) is 1. The van der Waals surface area contributed by atoms with E-state index in [1.165, 1.54) is 37.7 Å². The Morgan fingerprint density at radius 1 is 1.02 bits per heavy atom. The average Bonchev–Trinajstić information content (AvgIpc) is 2.84. The second-order valence-electron chi connectivity index (χ2n) is 16.0. The molecular weight excluding hydrogens is 545 g/mol. The lowest BCUT2D eigenvalue weighted by molar-refractivity contribution is -0.137. The van der Waals surface area contributed by atoms with E-state index < -0.39 is 22.6 Å². The van der Waals surface area contributed by atoms with Gasteiger partial charge in [0.05, 0.1) is 17.6 Å². The molecule has 7 heteroatoms. The van der Waals surface area contributed by atoms with Crippen LogP contribution < -0.4 is 0 Å². The molecule has 1 N–H and O–H groups in total. The minimum absolute atomic E-state index is 0.0331. The molecule has 0 bridgehead atoms. The summed E-state index contributed by atoms with van der Waals surface area (Å²) in [6.07, 6.45) is 11.8. The first kappa shape index (κ1) is 34.6. The van der Waals surface area contributed by atoms with E-state index in [1.54, 1.807) is 0 Å². The molecule has 0 heterocycles. The quantitative estimate of drug-likeness (QED) is 0.162. The molecule has 5 atom stereocenters. The van der Waals surface area contributed by atoms with Crippen molar-refractivity contribution in [3.05, 3.63) is 11.6 Å². The van der Waals surface area contributed by atoms with Crippen molar-refractivity contribution in [2.24, 2.45) is 17.8 Å². The van der Waals surface area contributed by atoms with Gasteiger partial charge in [-0.1, -0.05) is 78.7 Å². The molecule has 41 heavy (non-hydrogen) atoms. The van der Waals surface area contributed by atoms with E-state index in [-0.39, 0.29) is 46.1 Å². The lowest BCUT2D eigenvalue weighted by atomic mass is 9.53. The number of carboxylic acids is 1. The Balaban J connectivity index is 1.99. The molecule has 3 aliphatic carbocycles. The Labute approximate surface area is 253 Å². The minimum Gasteiger partial charge on any atom is -0.481 e. The van der Waals surface area contributed by atoms with Gasteiger partial charge in [-0.3, -0.25) is 4.79 Å². The molecule has 0 aromatic rings. The molecule has 234 valence electrons. The third kappa shape index (κ3) is 7.79. The molecule has 3 fully saturated rings. The largest absolute Gasteiger partial charge is 0.481 e. The summed E-state index contributed by atoms with van der Waals surface area (Å²) >= 11 is 0. The first-order valence-electron chi connectivity index (χ1n) is 16.2. The summed E-state index contributed by atoms with van der Waals surface area (Å²) in [5, 5.41) is 9.44. The maximum Gasteiger partial charge on any atom is 0.303 e. The number of carbonyl (C=O) groups is 1. The van der Waals surface area contributed by atoms with Crippen LogP contribution in [0.4, 0.5) is 0 Å². The molecule has 0 spiro atoms. The second-order valence-corrected chi connectivity index (χ2v) is 25.5. The second kappa shape index (κ2) is 13.0. The first-order chi connectivity index (χ1) is 18.8. The highest BCUT2D eigenvalue weighted by molar-refractivity contribution is 6.74. The van der Waals surface area contributed by atoms with Crippen LogP contribution >= 0.6 is 0 Å². The molecule has 1 unspecified atom stereocenters. The molecule has 0 aromatic carbocycles. The molecule has 0 radical (unpaired) electrons. The van der Waals surface area contributed by atoms with E-state index in [1.807, 2.05) is 7.11 Å². The summed E-state index contributed by atoms with van der Waals surface area (Å²) in [5.41, 5.74) is 0.899. The molecular formula is C34H60O5Si2. The fourth-order valence-electron chi connectivity index (χ4n) is 6.48. The lowest BCUT2D eigenvalue weighted by Crippen LogP contribution is -2.61. The standard InChI is InChI=1S/C34H60O5Si2/c1-32(2,3)40(8,9)38-29(25-16-13-12-14-17-25)21-20-27-28-24-26(18-15-19-31(35)36)34(28,37-7)23-22-30(27)39-41(10,11)33(4,5)6/h18,25,27-30H,12-17,19,22-24H2,1-11H3,(H,35,36)/t27-,28-,29?,30-,34+/m0/s1. The first-order valence-corrected chi connectivity index (χ1v) is 22.0. The number of fused-ring (bicyclic) bond motifs is 1. The van der Waals surface area contributed by atoms with Crippen molar-refractivity contribution >= 4 is 22.6 Å². The number of allylic oxidation sites excluding steroid dienone is 1. The van der Waals surface area contributed by atoms with Crippen LogP contribution in [-0.2, 0) is 18.4 Å². The average molecular weight is 605 g/mol. The van der Waals surface area contributed by atoms with E-state index in [0.29, 0.717) is 12.3 Å². The topological polar surface area (TPSA) is 65.0 Å². The highest BCUT2D eigenvalue weighted by Gasteiger charge is 2.59. The van der Waals surface area contributed by atoms with Crippen LogP contribution in [-0.4, -0.2) is 52.6 Å². The van der Waals surface area contributed by atoms with E-state index in [2.05, 4.69) is 85.6 Å². The van der Waals surface area contributed by atoms with Gasteiger partial charge < -0.3 is 18.7 Å². The zero-order valence-corrected chi connectivity index (χ0v) is 30.1. The van der Waals surface area contributed by atoms with E-state index >= 15 is 0 Å². The summed E-state index contributed by atoms with van der Waals surface area (Å²) < 4.78 is 20.5. The van der Waals surface area contributed by atoms with Crippen molar-refractivity contribution in [3.63, 3.8) is 0 Å². The van der Waals surface area contributed by atoms with Crippen molar-refractivity contribution in [2.45, 2.75) is 160 Å². The molecule has 3 saturated carbocycles. The Bertz CT molecular complexity index is 1000. The van der Waals surface area contributed by atoms with Gasteiger partial charge in [0.15, 0.2) is 16.6 Å². The molecule has 0 amide bonds. The fourth-order valence-corrected chi connectivity index (χ4v) is 9.10. The number of methoxy groups -OCH3 is 1. The molecule has 0 aromatic heterocycles. The van der Waals surface area contributed by atoms with Crippen molar-refractivity contribution in [2.75, 3.05) is 7.11 Å². The Hall–Kier alpha value is -0.916. The summed E-state index contributed by atoms with van der Waals surface area (Å²) in [7, 11) is -2.19. The van der Waals surface area contributed by atoms with E-state index in [9.17, 15) is 9.90 Å². The number of rotatable bonds is 9. The molecule has 0 aliphatic heterocycles. The molecule has 5 nitrogen and oxygen atoms in total. The zero-order chi connectivity index (χ0) is 30.9. The number of aliphatic carboxylic acids is 1. The van der Waals surface area contributed by atoms with Crippen LogP contribution in [0.1, 0.15) is 106 Å². The highest BCUT2D eigenvalue weighted by atomic mass is 28.4. The van der Waals surface area contributed by atoms with Gasteiger partial charge in [-0.05, 0) is 86.3 Å². The van der Waals surface area contributed by atoms with Crippen LogP contribution in [0.5, 0.6) is 0 Å². The summed E-state index contributed by atoms with van der Waals surface area (Å²) in [6, 6.07) is 0. The van der Waals surface area contributed by atoms with Gasteiger partial charge in [-0.25, -0.2) is 0 Å². The number of carboxylic acid groups (broad SMARTS) is 1. The smallest absolute Gasteiger partial charge is 0.303 e. The van der Waals surface area contributed by atoms with Crippen LogP contribution in [0, 0.1) is 29.6 Å².